The minimum absolute atomic E-state index is 0.214. The molecule has 0 unspecified atom stereocenters. The number of carbonyl (C=O) groups is 1. The van der Waals surface area contributed by atoms with Crippen molar-refractivity contribution in [2.45, 2.75) is 51.9 Å². The monoisotopic (exact) mass is 270 g/mol. The van der Waals surface area contributed by atoms with Crippen molar-refractivity contribution in [2.75, 3.05) is 39.3 Å². The minimum Gasteiger partial charge on any atom is -0.395 e. The zero-order chi connectivity index (χ0) is 13.9. The van der Waals surface area contributed by atoms with Crippen molar-refractivity contribution in [2.24, 2.45) is 0 Å². The second kappa shape index (κ2) is 10.2. The number of unbranched alkanes of at least 4 members (excludes halogenated alkanes) is 4. The van der Waals surface area contributed by atoms with E-state index in [0.29, 0.717) is 12.3 Å². The number of rotatable bonds is 8. The van der Waals surface area contributed by atoms with Gasteiger partial charge in [-0.2, -0.15) is 0 Å². The van der Waals surface area contributed by atoms with Crippen LogP contribution in [0, 0.1) is 0 Å². The Morgan fingerprint density at radius 3 is 2.58 bits per heavy atom. The molecule has 1 aliphatic rings. The fourth-order valence-electron chi connectivity index (χ4n) is 2.62. The summed E-state index contributed by atoms with van der Waals surface area (Å²) < 4.78 is 0. The Hall–Kier alpha value is -0.610. The zero-order valence-corrected chi connectivity index (χ0v) is 12.4. The topological polar surface area (TPSA) is 43.8 Å². The van der Waals surface area contributed by atoms with Crippen molar-refractivity contribution in [3.63, 3.8) is 0 Å². The molecule has 0 aliphatic carbocycles. The third-order valence-corrected chi connectivity index (χ3v) is 3.85. The summed E-state index contributed by atoms with van der Waals surface area (Å²) in [5, 5.41) is 8.95. The molecule has 1 heterocycles. The molecule has 0 spiro atoms. The third kappa shape index (κ3) is 6.92. The number of aliphatic hydroxyl groups excluding tert-OH is 1. The van der Waals surface area contributed by atoms with Crippen LogP contribution in [0.5, 0.6) is 0 Å². The predicted molar refractivity (Wildman–Crippen MR) is 78.1 cm³/mol. The lowest BCUT2D eigenvalue weighted by Gasteiger charge is -2.21. The largest absolute Gasteiger partial charge is 0.395 e. The fraction of sp³-hybridized carbons (Fsp3) is 0.933. The van der Waals surface area contributed by atoms with Crippen molar-refractivity contribution >= 4 is 5.91 Å². The Bertz CT molecular complexity index is 246. The summed E-state index contributed by atoms with van der Waals surface area (Å²) in [5.74, 6) is 0.322. The first kappa shape index (κ1) is 16.4. The minimum atomic E-state index is 0.214. The lowest BCUT2D eigenvalue weighted by molar-refractivity contribution is -0.131. The Morgan fingerprint density at radius 2 is 1.84 bits per heavy atom. The molecule has 1 amide bonds. The molecule has 4 nitrogen and oxygen atoms in total. The van der Waals surface area contributed by atoms with Gasteiger partial charge in [-0.1, -0.05) is 32.6 Å². The first-order valence-corrected chi connectivity index (χ1v) is 7.89. The van der Waals surface area contributed by atoms with Crippen LogP contribution in [0.3, 0.4) is 0 Å². The van der Waals surface area contributed by atoms with Crippen LogP contribution in [0.2, 0.25) is 0 Å². The maximum absolute atomic E-state index is 12.1. The summed E-state index contributed by atoms with van der Waals surface area (Å²) in [6.45, 7) is 6.78. The molecule has 1 fully saturated rings. The van der Waals surface area contributed by atoms with Crippen molar-refractivity contribution in [1.29, 1.82) is 0 Å². The van der Waals surface area contributed by atoms with Crippen molar-refractivity contribution in [3.8, 4) is 0 Å². The molecule has 0 atom stereocenters. The van der Waals surface area contributed by atoms with Crippen molar-refractivity contribution in [3.05, 3.63) is 0 Å². The van der Waals surface area contributed by atoms with Crippen LogP contribution < -0.4 is 0 Å². The highest BCUT2D eigenvalue weighted by Crippen LogP contribution is 2.09. The van der Waals surface area contributed by atoms with Crippen LogP contribution in [0.15, 0.2) is 0 Å². The molecule has 4 heteroatoms. The average Bonchev–Trinajstić information content (AvgIpc) is 2.64. The van der Waals surface area contributed by atoms with Crippen LogP contribution in [-0.2, 0) is 4.79 Å². The fourth-order valence-corrected chi connectivity index (χ4v) is 2.62. The Kier molecular flexibility index (Phi) is 8.84. The summed E-state index contributed by atoms with van der Waals surface area (Å²) in [6.07, 6.45) is 7.76. The lowest BCUT2D eigenvalue weighted by atomic mass is 10.1. The Labute approximate surface area is 117 Å². The number of carbonyl (C=O) groups excluding carboxylic acids is 1. The van der Waals surface area contributed by atoms with Gasteiger partial charge in [0.05, 0.1) is 6.61 Å². The average molecular weight is 270 g/mol. The smallest absolute Gasteiger partial charge is 0.222 e. The molecule has 1 aliphatic heterocycles. The van der Waals surface area contributed by atoms with E-state index in [1.807, 2.05) is 4.90 Å². The van der Waals surface area contributed by atoms with Gasteiger partial charge in [0.1, 0.15) is 0 Å². The zero-order valence-electron chi connectivity index (χ0n) is 12.4. The molecule has 0 radical (unpaired) electrons. The summed E-state index contributed by atoms with van der Waals surface area (Å²) >= 11 is 0. The number of amides is 1. The highest BCUT2D eigenvalue weighted by atomic mass is 16.3. The summed E-state index contributed by atoms with van der Waals surface area (Å²) in [6, 6.07) is 0. The van der Waals surface area contributed by atoms with E-state index < -0.39 is 0 Å². The molecule has 0 aromatic carbocycles. The van der Waals surface area contributed by atoms with E-state index in [9.17, 15) is 4.79 Å². The lowest BCUT2D eigenvalue weighted by Crippen LogP contribution is -2.35. The predicted octanol–water partition coefficient (Wildman–Crippen LogP) is 1.87. The van der Waals surface area contributed by atoms with Gasteiger partial charge in [0.2, 0.25) is 5.91 Å². The summed E-state index contributed by atoms with van der Waals surface area (Å²) in [5.41, 5.74) is 0. The summed E-state index contributed by atoms with van der Waals surface area (Å²) in [4.78, 5) is 16.4. The first-order chi connectivity index (χ1) is 9.27. The van der Waals surface area contributed by atoms with E-state index in [4.69, 9.17) is 5.11 Å². The second-order valence-electron chi connectivity index (χ2n) is 5.46. The molecular formula is C15H30N2O2. The standard InChI is InChI=1S/C15H30N2O2/c1-2-3-4-5-6-8-15(19)17-10-7-9-16(11-12-17)13-14-18/h18H,2-14H2,1H3. The maximum atomic E-state index is 12.1. The van der Waals surface area contributed by atoms with E-state index in [1.165, 1.54) is 25.7 Å². The first-order valence-electron chi connectivity index (χ1n) is 7.89. The van der Waals surface area contributed by atoms with Crippen molar-refractivity contribution in [1.82, 2.24) is 9.80 Å². The molecule has 0 saturated carbocycles. The molecule has 0 bridgehead atoms. The highest BCUT2D eigenvalue weighted by molar-refractivity contribution is 5.76. The quantitative estimate of drug-likeness (QED) is 0.685. The highest BCUT2D eigenvalue weighted by Gasteiger charge is 2.18. The van der Waals surface area contributed by atoms with Gasteiger partial charge in [0, 0.05) is 32.6 Å². The van der Waals surface area contributed by atoms with Gasteiger partial charge in [-0.15, -0.1) is 0 Å². The Balaban J connectivity index is 2.17. The molecule has 0 aromatic rings. The third-order valence-electron chi connectivity index (χ3n) is 3.85. The van der Waals surface area contributed by atoms with Gasteiger partial charge in [0.15, 0.2) is 0 Å². The molecule has 1 saturated heterocycles. The normalized spacial score (nSPS) is 17.5. The van der Waals surface area contributed by atoms with Crippen LogP contribution >= 0.6 is 0 Å². The van der Waals surface area contributed by atoms with Gasteiger partial charge < -0.3 is 10.0 Å². The summed E-state index contributed by atoms with van der Waals surface area (Å²) in [7, 11) is 0. The second-order valence-corrected chi connectivity index (χ2v) is 5.46. The van der Waals surface area contributed by atoms with Gasteiger partial charge in [-0.05, 0) is 19.4 Å². The number of aliphatic hydroxyl groups is 1. The van der Waals surface area contributed by atoms with Gasteiger partial charge in [-0.3, -0.25) is 9.69 Å². The Morgan fingerprint density at radius 1 is 1.05 bits per heavy atom. The van der Waals surface area contributed by atoms with Gasteiger partial charge in [0.25, 0.3) is 0 Å². The maximum Gasteiger partial charge on any atom is 0.222 e. The van der Waals surface area contributed by atoms with Gasteiger partial charge in [-0.25, -0.2) is 0 Å². The molecule has 1 rings (SSSR count). The molecule has 112 valence electrons. The van der Waals surface area contributed by atoms with Crippen LogP contribution in [-0.4, -0.2) is 60.1 Å². The number of β-amino-alcohol motifs (C(OH)–C–C–N with tert-alkyl or cyclic N) is 1. The van der Waals surface area contributed by atoms with Gasteiger partial charge >= 0.3 is 0 Å². The number of hydrogen-bond acceptors (Lipinski definition) is 3. The number of hydrogen-bond donors (Lipinski definition) is 1. The van der Waals surface area contributed by atoms with E-state index in [-0.39, 0.29) is 6.61 Å². The molecule has 19 heavy (non-hydrogen) atoms. The number of nitrogens with zero attached hydrogens (tertiary/aromatic N) is 2. The van der Waals surface area contributed by atoms with Crippen LogP contribution in [0.4, 0.5) is 0 Å². The van der Waals surface area contributed by atoms with Crippen molar-refractivity contribution < 1.29 is 9.90 Å². The molecule has 0 aromatic heterocycles. The van der Waals surface area contributed by atoms with E-state index in [1.54, 1.807) is 0 Å². The molecule has 1 N–H and O–H groups in total. The van der Waals surface area contributed by atoms with Crippen LogP contribution in [0.25, 0.3) is 0 Å². The molecular weight excluding hydrogens is 240 g/mol. The van der Waals surface area contributed by atoms with E-state index >= 15 is 0 Å². The van der Waals surface area contributed by atoms with Crippen LogP contribution in [0.1, 0.15) is 51.9 Å². The van der Waals surface area contributed by atoms with E-state index in [2.05, 4.69) is 11.8 Å². The van der Waals surface area contributed by atoms with E-state index in [0.717, 1.165) is 45.6 Å². The SMILES string of the molecule is CCCCCCCC(=O)N1CCCN(CCO)CC1.